The average molecular weight is 551 g/mol. The summed E-state index contributed by atoms with van der Waals surface area (Å²) < 4.78 is 11.2. The molecular weight excluding hydrogens is 516 g/mol. The molecule has 2 aromatic rings. The Morgan fingerprint density at radius 1 is 1.07 bits per heavy atom. The predicted octanol–water partition coefficient (Wildman–Crippen LogP) is 1.25. The van der Waals surface area contributed by atoms with Crippen molar-refractivity contribution in [2.75, 3.05) is 45.9 Å². The number of carboxylic acid groups (broad SMARTS) is 1. The molecule has 2 aromatic carbocycles. The summed E-state index contributed by atoms with van der Waals surface area (Å²) in [6, 6.07) is 12.2. The molecule has 0 spiro atoms. The summed E-state index contributed by atoms with van der Waals surface area (Å²) in [7, 11) is 0. The number of piperidine rings is 1. The van der Waals surface area contributed by atoms with Gasteiger partial charge in [0.25, 0.3) is 0 Å². The van der Waals surface area contributed by atoms with E-state index in [2.05, 4.69) is 10.2 Å². The van der Waals surface area contributed by atoms with Gasteiger partial charge in [0.15, 0.2) is 0 Å². The molecule has 40 heavy (non-hydrogen) atoms. The third kappa shape index (κ3) is 6.92. The Balaban J connectivity index is 1.19. The summed E-state index contributed by atoms with van der Waals surface area (Å²) in [5.41, 5.74) is 3.14. The van der Waals surface area contributed by atoms with Crippen LogP contribution in [0.15, 0.2) is 42.5 Å². The fourth-order valence-electron chi connectivity index (χ4n) is 5.44. The van der Waals surface area contributed by atoms with Crippen LogP contribution < -0.4 is 10.1 Å². The Morgan fingerprint density at radius 3 is 2.58 bits per heavy atom. The van der Waals surface area contributed by atoms with Crippen LogP contribution in [0.3, 0.4) is 0 Å². The minimum atomic E-state index is -0.881. The van der Waals surface area contributed by atoms with Crippen molar-refractivity contribution in [2.45, 2.75) is 38.5 Å². The number of esters is 1. The van der Waals surface area contributed by atoms with Gasteiger partial charge in [-0.15, -0.1) is 0 Å². The highest BCUT2D eigenvalue weighted by Gasteiger charge is 2.36. The third-order valence-electron chi connectivity index (χ3n) is 7.61. The number of aliphatic carboxylic acids is 1. The number of hydrogen-bond acceptors (Lipinski definition) is 9. The van der Waals surface area contributed by atoms with Crippen molar-refractivity contribution in [1.29, 1.82) is 0 Å². The standard InChI is InChI=1S/C29H34N4O7/c34-26-9-8-24(28(37)30-26)33-17-22-2-1-3-25(23(22)18-33)40-29(38)21-6-4-20(5-7-21)16-32(19-27(35)36)11-10-31-12-14-39-15-13-31/h1-7,24H,8-19H2,(H,35,36)(H,30,34,37). The largest absolute Gasteiger partial charge is 0.480 e. The summed E-state index contributed by atoms with van der Waals surface area (Å²) in [6.45, 7) is 5.84. The smallest absolute Gasteiger partial charge is 0.343 e. The van der Waals surface area contributed by atoms with E-state index >= 15 is 0 Å². The van der Waals surface area contributed by atoms with Gasteiger partial charge in [0.05, 0.1) is 31.4 Å². The van der Waals surface area contributed by atoms with Crippen molar-refractivity contribution >= 4 is 23.8 Å². The molecule has 5 rings (SSSR count). The van der Waals surface area contributed by atoms with Crippen LogP contribution >= 0.6 is 0 Å². The highest BCUT2D eigenvalue weighted by Crippen LogP contribution is 2.34. The maximum absolute atomic E-state index is 13.0. The van der Waals surface area contributed by atoms with Crippen LogP contribution in [-0.4, -0.2) is 95.5 Å². The first kappa shape index (κ1) is 27.9. The first-order chi connectivity index (χ1) is 19.4. The van der Waals surface area contributed by atoms with Crippen molar-refractivity contribution in [3.05, 3.63) is 64.7 Å². The molecule has 2 N–H and O–H groups in total. The highest BCUT2D eigenvalue weighted by atomic mass is 16.5. The molecule has 11 nitrogen and oxygen atoms in total. The van der Waals surface area contributed by atoms with Gasteiger partial charge in [0.2, 0.25) is 11.8 Å². The van der Waals surface area contributed by atoms with Crippen LogP contribution in [0, 0.1) is 0 Å². The van der Waals surface area contributed by atoms with Gasteiger partial charge in [-0.1, -0.05) is 24.3 Å². The average Bonchev–Trinajstić information content (AvgIpc) is 3.37. The number of morpholine rings is 1. The number of carbonyl (C=O) groups is 4. The van der Waals surface area contributed by atoms with E-state index in [1.165, 1.54) is 0 Å². The second-order valence-electron chi connectivity index (χ2n) is 10.4. The van der Waals surface area contributed by atoms with Crippen LogP contribution in [0.5, 0.6) is 5.75 Å². The van der Waals surface area contributed by atoms with Crippen molar-refractivity contribution in [1.82, 2.24) is 20.0 Å². The molecule has 0 aromatic heterocycles. The van der Waals surface area contributed by atoms with Crippen LogP contribution in [0.2, 0.25) is 0 Å². The van der Waals surface area contributed by atoms with Crippen molar-refractivity contribution in [3.8, 4) is 5.75 Å². The molecule has 2 fully saturated rings. The topological polar surface area (TPSA) is 129 Å². The molecule has 3 aliphatic heterocycles. The summed E-state index contributed by atoms with van der Waals surface area (Å²) in [5, 5.41) is 11.8. The normalized spacial score (nSPS) is 19.9. The van der Waals surface area contributed by atoms with Gasteiger partial charge < -0.3 is 14.6 Å². The Bertz CT molecular complexity index is 1260. The lowest BCUT2D eigenvalue weighted by atomic mass is 10.0. The molecule has 0 aliphatic carbocycles. The van der Waals surface area contributed by atoms with Crippen LogP contribution in [0.1, 0.15) is 39.9 Å². The number of carboxylic acids is 1. The molecule has 0 bridgehead atoms. The lowest BCUT2D eigenvalue weighted by Crippen LogP contribution is -2.50. The molecule has 11 heteroatoms. The van der Waals surface area contributed by atoms with E-state index in [1.807, 2.05) is 34.1 Å². The lowest BCUT2D eigenvalue weighted by Gasteiger charge is -2.29. The maximum atomic E-state index is 13.0. The minimum absolute atomic E-state index is 0.0664. The number of fused-ring (bicyclic) bond motifs is 1. The zero-order valence-corrected chi connectivity index (χ0v) is 22.3. The van der Waals surface area contributed by atoms with E-state index in [0.29, 0.717) is 63.5 Å². The minimum Gasteiger partial charge on any atom is -0.480 e. The van der Waals surface area contributed by atoms with E-state index in [9.17, 15) is 24.3 Å². The molecular formula is C29H34N4O7. The summed E-state index contributed by atoms with van der Waals surface area (Å²) in [5.74, 6) is -1.45. The van der Waals surface area contributed by atoms with E-state index in [0.717, 1.165) is 36.3 Å². The number of nitrogens with one attached hydrogen (secondary N) is 1. The quantitative estimate of drug-likeness (QED) is 0.253. The van der Waals surface area contributed by atoms with Gasteiger partial charge >= 0.3 is 11.9 Å². The molecule has 1 atom stereocenters. The fourth-order valence-corrected chi connectivity index (χ4v) is 5.44. The molecule has 2 amide bonds. The van der Waals surface area contributed by atoms with E-state index in [-0.39, 0.29) is 18.4 Å². The number of imide groups is 1. The fraction of sp³-hybridized carbons (Fsp3) is 0.448. The first-order valence-corrected chi connectivity index (χ1v) is 13.6. The predicted molar refractivity (Wildman–Crippen MR) is 143 cm³/mol. The molecule has 3 heterocycles. The summed E-state index contributed by atoms with van der Waals surface area (Å²) in [4.78, 5) is 54.4. The summed E-state index contributed by atoms with van der Waals surface area (Å²) >= 11 is 0. The second kappa shape index (κ2) is 12.7. The Labute approximate surface area is 232 Å². The van der Waals surface area contributed by atoms with Crippen molar-refractivity contribution < 1.29 is 33.8 Å². The van der Waals surface area contributed by atoms with Crippen molar-refractivity contribution in [2.24, 2.45) is 0 Å². The third-order valence-corrected chi connectivity index (χ3v) is 7.61. The summed E-state index contributed by atoms with van der Waals surface area (Å²) in [6.07, 6.45) is 0.778. The zero-order chi connectivity index (χ0) is 28.1. The Morgan fingerprint density at radius 2 is 1.85 bits per heavy atom. The second-order valence-corrected chi connectivity index (χ2v) is 10.4. The Kier molecular flexibility index (Phi) is 8.85. The van der Waals surface area contributed by atoms with Crippen LogP contribution in [0.25, 0.3) is 0 Å². The zero-order valence-electron chi connectivity index (χ0n) is 22.3. The van der Waals surface area contributed by atoms with Gasteiger partial charge in [-0.05, 0) is 35.7 Å². The van der Waals surface area contributed by atoms with Gasteiger partial charge in [-0.25, -0.2) is 4.79 Å². The molecule has 1 unspecified atom stereocenters. The first-order valence-electron chi connectivity index (χ1n) is 13.6. The number of ether oxygens (including phenoxy) is 2. The van der Waals surface area contributed by atoms with Crippen LogP contribution in [0.4, 0.5) is 0 Å². The number of rotatable bonds is 10. The van der Waals surface area contributed by atoms with Gasteiger partial charge in [0.1, 0.15) is 5.75 Å². The van der Waals surface area contributed by atoms with E-state index < -0.39 is 18.0 Å². The van der Waals surface area contributed by atoms with Gasteiger partial charge in [0, 0.05) is 57.8 Å². The SMILES string of the molecule is O=C(O)CN(CCN1CCOCC1)Cc1ccc(C(=O)Oc2cccc3c2CN(C2CCC(=O)NC2=O)C3)cc1. The van der Waals surface area contributed by atoms with Crippen molar-refractivity contribution in [3.63, 3.8) is 0 Å². The molecule has 3 aliphatic rings. The number of carbonyl (C=O) groups excluding carboxylic acids is 3. The molecule has 2 saturated heterocycles. The monoisotopic (exact) mass is 550 g/mol. The molecule has 212 valence electrons. The van der Waals surface area contributed by atoms with E-state index in [4.69, 9.17) is 9.47 Å². The lowest BCUT2D eigenvalue weighted by molar-refractivity contribution is -0.139. The van der Waals surface area contributed by atoms with Gasteiger partial charge in [-0.3, -0.25) is 34.4 Å². The molecule has 0 saturated carbocycles. The number of nitrogens with zero attached hydrogens (tertiary/aromatic N) is 3. The number of amides is 2. The number of hydrogen-bond donors (Lipinski definition) is 2. The van der Waals surface area contributed by atoms with Gasteiger partial charge in [-0.2, -0.15) is 0 Å². The van der Waals surface area contributed by atoms with Crippen LogP contribution in [-0.2, 0) is 38.8 Å². The van der Waals surface area contributed by atoms with E-state index in [1.54, 1.807) is 18.2 Å². The maximum Gasteiger partial charge on any atom is 0.343 e. The number of benzene rings is 2. The Hall–Kier alpha value is -3.64. The highest BCUT2D eigenvalue weighted by molar-refractivity contribution is 6.00. The molecule has 0 radical (unpaired) electrons.